The Morgan fingerprint density at radius 2 is 2.00 bits per heavy atom. The predicted octanol–water partition coefficient (Wildman–Crippen LogP) is 2.89. The first kappa shape index (κ1) is 14.6. The molecular weight excluding hydrogens is 250 g/mol. The second kappa shape index (κ2) is 5.95. The molecule has 0 unspecified atom stereocenters. The van der Waals surface area contributed by atoms with Gasteiger partial charge < -0.3 is 0 Å². The number of likely N-dealkylation sites (N-methyl/N-ethyl adjacent to an activating group) is 1. The van der Waals surface area contributed by atoms with E-state index < -0.39 is 24.2 Å². The summed E-state index contributed by atoms with van der Waals surface area (Å²) in [6.07, 6.45) is -5.21. The number of carbonyl (C=O) groups is 1. The van der Waals surface area contributed by atoms with Crippen LogP contribution in [0.25, 0.3) is 0 Å². The van der Waals surface area contributed by atoms with Crippen LogP contribution >= 0.6 is 0 Å². The predicted molar refractivity (Wildman–Crippen MR) is 58.9 cm³/mol. The fourth-order valence-electron chi connectivity index (χ4n) is 1.40. The van der Waals surface area contributed by atoms with Gasteiger partial charge in [0.15, 0.2) is 5.78 Å². The van der Waals surface area contributed by atoms with Crippen molar-refractivity contribution in [3.63, 3.8) is 0 Å². The molecule has 0 aromatic heterocycles. The van der Waals surface area contributed by atoms with Crippen molar-refractivity contribution in [3.8, 4) is 0 Å². The van der Waals surface area contributed by atoms with E-state index in [1.165, 1.54) is 30.1 Å². The van der Waals surface area contributed by atoms with Crippen molar-refractivity contribution < 1.29 is 22.4 Å². The van der Waals surface area contributed by atoms with Crippen LogP contribution < -0.4 is 0 Å². The second-order valence-corrected chi connectivity index (χ2v) is 4.04. The number of hydrogen-bond acceptors (Lipinski definition) is 2. The summed E-state index contributed by atoms with van der Waals surface area (Å²) in [5.41, 5.74) is 0.161. The quantitative estimate of drug-likeness (QED) is 0.601. The molecule has 0 N–H and O–H groups in total. The maximum Gasteiger partial charge on any atom is 0.390 e. The fourth-order valence-corrected chi connectivity index (χ4v) is 1.40. The Bertz CT molecular complexity index is 417. The van der Waals surface area contributed by atoms with Gasteiger partial charge in [-0.1, -0.05) is 12.1 Å². The van der Waals surface area contributed by atoms with Crippen LogP contribution in [0.4, 0.5) is 17.6 Å². The third-order valence-corrected chi connectivity index (χ3v) is 2.34. The largest absolute Gasteiger partial charge is 0.390 e. The Balaban J connectivity index is 2.50. The highest BCUT2D eigenvalue weighted by atomic mass is 19.4. The highest BCUT2D eigenvalue weighted by Gasteiger charge is 2.27. The highest BCUT2D eigenvalue weighted by Crippen LogP contribution is 2.19. The lowest BCUT2D eigenvalue weighted by Gasteiger charge is -2.16. The average molecular weight is 263 g/mol. The van der Waals surface area contributed by atoms with Gasteiger partial charge in [-0.2, -0.15) is 13.2 Å². The summed E-state index contributed by atoms with van der Waals surface area (Å²) < 4.78 is 48.8. The van der Waals surface area contributed by atoms with E-state index in [1.54, 1.807) is 0 Å². The lowest BCUT2D eigenvalue weighted by molar-refractivity contribution is -0.137. The number of carbonyl (C=O) groups excluding carboxylic acids is 1. The van der Waals surface area contributed by atoms with Gasteiger partial charge in [-0.3, -0.25) is 9.69 Å². The Kier molecular flexibility index (Phi) is 4.84. The number of nitrogens with zero attached hydrogens (tertiary/aromatic N) is 1. The van der Waals surface area contributed by atoms with Crippen molar-refractivity contribution in [2.45, 2.75) is 12.6 Å². The zero-order valence-corrected chi connectivity index (χ0v) is 9.80. The van der Waals surface area contributed by atoms with E-state index in [4.69, 9.17) is 0 Å². The van der Waals surface area contributed by atoms with Crippen LogP contribution in [0, 0.1) is 5.82 Å². The molecule has 0 heterocycles. The van der Waals surface area contributed by atoms with E-state index in [2.05, 4.69) is 0 Å². The van der Waals surface area contributed by atoms with Gasteiger partial charge in [0.1, 0.15) is 5.82 Å². The van der Waals surface area contributed by atoms with E-state index in [0.29, 0.717) is 0 Å². The van der Waals surface area contributed by atoms with Gasteiger partial charge in [0.2, 0.25) is 0 Å². The maximum absolute atomic E-state index is 12.9. The summed E-state index contributed by atoms with van der Waals surface area (Å²) >= 11 is 0. The monoisotopic (exact) mass is 263 g/mol. The van der Waals surface area contributed by atoms with Crippen LogP contribution in [0.3, 0.4) is 0 Å². The summed E-state index contributed by atoms with van der Waals surface area (Å²) in [6, 6.07) is 5.09. The number of Topliss-reactive ketones (excluding diaryl/α,β-unsaturated/α-hetero) is 1. The van der Waals surface area contributed by atoms with E-state index in [1.807, 2.05) is 0 Å². The minimum Gasteiger partial charge on any atom is -0.299 e. The van der Waals surface area contributed by atoms with Crippen molar-refractivity contribution in [2.75, 3.05) is 20.1 Å². The number of rotatable bonds is 5. The van der Waals surface area contributed by atoms with Crippen LogP contribution in [0.5, 0.6) is 0 Å². The van der Waals surface area contributed by atoms with Crippen LogP contribution in [0.1, 0.15) is 16.8 Å². The third kappa shape index (κ3) is 5.27. The Morgan fingerprint density at radius 1 is 1.33 bits per heavy atom. The lowest BCUT2D eigenvalue weighted by atomic mass is 10.1. The topological polar surface area (TPSA) is 20.3 Å². The molecule has 0 amide bonds. The van der Waals surface area contributed by atoms with Crippen molar-refractivity contribution in [3.05, 3.63) is 35.6 Å². The maximum atomic E-state index is 12.9. The van der Waals surface area contributed by atoms with Gasteiger partial charge in [-0.15, -0.1) is 0 Å². The zero-order valence-electron chi connectivity index (χ0n) is 9.80. The molecule has 0 aliphatic carbocycles. The van der Waals surface area contributed by atoms with E-state index in [9.17, 15) is 22.4 Å². The van der Waals surface area contributed by atoms with E-state index >= 15 is 0 Å². The summed E-state index contributed by atoms with van der Waals surface area (Å²) in [5.74, 6) is -0.946. The Labute approximate surface area is 102 Å². The van der Waals surface area contributed by atoms with Gasteiger partial charge in [-0.25, -0.2) is 4.39 Å². The molecule has 0 spiro atoms. The minimum atomic E-state index is -4.24. The molecule has 0 aliphatic rings. The van der Waals surface area contributed by atoms with Crippen molar-refractivity contribution in [2.24, 2.45) is 0 Å². The van der Waals surface area contributed by atoms with Gasteiger partial charge >= 0.3 is 6.18 Å². The molecule has 1 aromatic rings. The molecule has 0 radical (unpaired) electrons. The van der Waals surface area contributed by atoms with E-state index in [-0.39, 0.29) is 18.7 Å². The first-order valence-electron chi connectivity index (χ1n) is 5.32. The van der Waals surface area contributed by atoms with Crippen molar-refractivity contribution in [1.82, 2.24) is 4.90 Å². The van der Waals surface area contributed by atoms with Gasteiger partial charge in [0.05, 0.1) is 13.0 Å². The highest BCUT2D eigenvalue weighted by molar-refractivity contribution is 5.97. The molecule has 6 heteroatoms. The minimum absolute atomic E-state index is 0.161. The Morgan fingerprint density at radius 3 is 2.56 bits per heavy atom. The summed E-state index contributed by atoms with van der Waals surface area (Å²) in [6.45, 7) is -0.426. The fraction of sp³-hybridized carbons (Fsp3) is 0.417. The summed E-state index contributed by atoms with van der Waals surface area (Å²) in [5, 5.41) is 0. The molecule has 0 bridgehead atoms. The molecule has 0 saturated heterocycles. The smallest absolute Gasteiger partial charge is 0.299 e. The van der Waals surface area contributed by atoms with Crippen LogP contribution in [0.2, 0.25) is 0 Å². The second-order valence-electron chi connectivity index (χ2n) is 4.04. The molecule has 0 fully saturated rings. The average Bonchev–Trinajstić information content (AvgIpc) is 2.25. The summed E-state index contributed by atoms with van der Waals surface area (Å²) in [4.78, 5) is 12.9. The molecule has 0 saturated carbocycles. The molecule has 18 heavy (non-hydrogen) atoms. The van der Waals surface area contributed by atoms with Crippen molar-refractivity contribution >= 4 is 5.78 Å². The molecule has 0 atom stereocenters. The number of halogens is 4. The molecule has 2 nitrogen and oxygen atoms in total. The van der Waals surface area contributed by atoms with Gasteiger partial charge in [-0.05, 0) is 19.2 Å². The standard InChI is InChI=1S/C12H13F4NO/c1-17(6-5-12(14,15)16)8-11(18)9-3-2-4-10(13)7-9/h2-4,7H,5-6,8H2,1H3. The molecule has 1 aromatic carbocycles. The number of benzene rings is 1. The van der Waals surface area contributed by atoms with Crippen LogP contribution in [-0.2, 0) is 0 Å². The Hall–Kier alpha value is -1.43. The molecule has 1 rings (SSSR count). The third-order valence-electron chi connectivity index (χ3n) is 2.34. The molecule has 100 valence electrons. The number of ketones is 1. The normalized spacial score (nSPS) is 11.9. The first-order chi connectivity index (χ1) is 8.28. The van der Waals surface area contributed by atoms with Gasteiger partial charge in [0.25, 0.3) is 0 Å². The van der Waals surface area contributed by atoms with Crippen LogP contribution in [0.15, 0.2) is 24.3 Å². The van der Waals surface area contributed by atoms with E-state index in [0.717, 1.165) is 6.07 Å². The van der Waals surface area contributed by atoms with Crippen molar-refractivity contribution in [1.29, 1.82) is 0 Å². The van der Waals surface area contributed by atoms with Crippen LogP contribution in [-0.4, -0.2) is 37.0 Å². The SMILES string of the molecule is CN(CCC(F)(F)F)CC(=O)c1cccc(F)c1. The van der Waals surface area contributed by atoms with Gasteiger partial charge in [0, 0.05) is 12.1 Å². The first-order valence-corrected chi connectivity index (χ1v) is 5.32. The number of hydrogen-bond donors (Lipinski definition) is 0. The number of alkyl halides is 3. The molecule has 0 aliphatic heterocycles. The molecular formula is C12H13F4NO. The summed E-state index contributed by atoms with van der Waals surface area (Å²) in [7, 11) is 1.42. The zero-order chi connectivity index (χ0) is 13.8. The lowest BCUT2D eigenvalue weighted by Crippen LogP contribution is -2.29.